The number of alkyl carbamates (subject to hydrolysis) is 1. The van der Waals surface area contributed by atoms with Crippen molar-refractivity contribution in [2.24, 2.45) is 23.7 Å². The van der Waals surface area contributed by atoms with Crippen molar-refractivity contribution in [2.45, 2.75) is 106 Å². The van der Waals surface area contributed by atoms with Crippen molar-refractivity contribution in [2.75, 3.05) is 27.2 Å². The Balaban J connectivity index is 1.27. The number of piperidine rings is 1. The Kier molecular flexibility index (Phi) is 12.9. The van der Waals surface area contributed by atoms with E-state index in [0.717, 1.165) is 32.1 Å². The van der Waals surface area contributed by atoms with Crippen LogP contribution in [0, 0.1) is 23.7 Å². The molecule has 1 heterocycles. The van der Waals surface area contributed by atoms with Gasteiger partial charge in [0.25, 0.3) is 5.91 Å². The third-order valence-electron chi connectivity index (χ3n) is 10.6. The Morgan fingerprint density at radius 2 is 1.57 bits per heavy atom. The lowest BCUT2D eigenvalue weighted by atomic mass is 9.83. The SMILES string of the molecule is CN(C)C(=O)[C@@H](NC(=O)CNC(=O)C(=O)C(CC1CC1)NC(=O)[C@@H]1[C@@H]2[C@H](CN1C(=O)[C@@H](NC(=O)OC(C)(C)C)C1CCCCC1)C2(Cl)Cl)c1ccccc1. The Bertz CT molecular complexity index is 1610. The highest BCUT2D eigenvalue weighted by atomic mass is 35.5. The molecule has 3 aliphatic carbocycles. The number of carbonyl (C=O) groups is 7. The molecule has 0 bridgehead atoms. The van der Waals surface area contributed by atoms with Gasteiger partial charge in [-0.2, -0.15) is 0 Å². The van der Waals surface area contributed by atoms with E-state index < -0.39 is 88.0 Å². The summed E-state index contributed by atoms with van der Waals surface area (Å²) in [6.07, 6.45) is 5.30. The number of carbonyl (C=O) groups excluding carboxylic acids is 7. The molecule has 1 unspecified atom stereocenters. The van der Waals surface area contributed by atoms with Crippen LogP contribution in [0.1, 0.15) is 83.7 Å². The fourth-order valence-corrected chi connectivity index (χ4v) is 8.41. The highest BCUT2D eigenvalue weighted by Gasteiger charge is 2.74. The summed E-state index contributed by atoms with van der Waals surface area (Å²) in [4.78, 5) is 96.7. The number of likely N-dealkylation sites (N-methyl/N-ethyl adjacent to an activating group) is 1. The van der Waals surface area contributed by atoms with Gasteiger partial charge in [0.05, 0.1) is 12.6 Å². The standard InChI is InChI=1S/C38H52Cl2N6O8/c1-37(2,3)54-36(53)44-29(23-14-10-7-11-15-23)35(52)46-20-24-27(38(24,39)40)30(46)32(49)42-25(18-21-16-17-21)31(48)33(50)41-19-26(47)43-28(34(51)45(4)5)22-12-8-6-9-13-22/h6,8-9,12-13,21,23-25,27-30H,7,10-11,14-20H2,1-5H3,(H,41,50)(H,42,49)(H,43,47)(H,44,53)/t24-,25?,27-,28-,29-,30-/m0/s1. The van der Waals surface area contributed by atoms with Gasteiger partial charge in [0.1, 0.15) is 28.1 Å². The summed E-state index contributed by atoms with van der Waals surface area (Å²) in [6, 6.07) is 4.24. The van der Waals surface area contributed by atoms with Crippen molar-refractivity contribution < 1.29 is 38.3 Å². The molecule has 6 atom stereocenters. The van der Waals surface area contributed by atoms with Crippen LogP contribution in [-0.2, 0) is 33.5 Å². The van der Waals surface area contributed by atoms with Crippen LogP contribution in [0.2, 0.25) is 0 Å². The lowest BCUT2D eigenvalue weighted by Gasteiger charge is -2.37. The number of likely N-dealkylation sites (tertiary alicyclic amines) is 1. The largest absolute Gasteiger partial charge is 0.444 e. The number of Topliss-reactive ketones (excluding diaryl/α,β-unsaturated/α-hetero) is 1. The van der Waals surface area contributed by atoms with Crippen molar-refractivity contribution in [3.63, 3.8) is 0 Å². The van der Waals surface area contributed by atoms with Gasteiger partial charge in [-0.1, -0.05) is 62.4 Å². The van der Waals surface area contributed by atoms with Crippen LogP contribution in [0.25, 0.3) is 0 Å². The van der Waals surface area contributed by atoms with E-state index >= 15 is 0 Å². The van der Waals surface area contributed by atoms with Gasteiger partial charge >= 0.3 is 6.09 Å². The van der Waals surface area contributed by atoms with Crippen molar-refractivity contribution in [3.05, 3.63) is 35.9 Å². The van der Waals surface area contributed by atoms with E-state index in [0.29, 0.717) is 18.4 Å². The molecule has 296 valence electrons. The Hall–Kier alpha value is -3.91. The van der Waals surface area contributed by atoms with Crippen LogP contribution in [0.4, 0.5) is 4.79 Å². The maximum atomic E-state index is 14.3. The first-order chi connectivity index (χ1) is 25.4. The zero-order chi connectivity index (χ0) is 39.5. The molecular formula is C38H52Cl2N6O8. The minimum absolute atomic E-state index is 0.0743. The summed E-state index contributed by atoms with van der Waals surface area (Å²) < 4.78 is 4.21. The van der Waals surface area contributed by atoms with Crippen LogP contribution >= 0.6 is 23.2 Å². The summed E-state index contributed by atoms with van der Waals surface area (Å²) >= 11 is 13.2. The van der Waals surface area contributed by atoms with Crippen LogP contribution in [0.15, 0.2) is 30.3 Å². The molecule has 0 spiro atoms. The lowest BCUT2D eigenvalue weighted by molar-refractivity contribution is -0.144. The van der Waals surface area contributed by atoms with Gasteiger partial charge < -0.3 is 35.8 Å². The minimum Gasteiger partial charge on any atom is -0.444 e. The molecule has 6 amide bonds. The number of fused-ring (bicyclic) bond motifs is 1. The molecule has 0 radical (unpaired) electrons. The van der Waals surface area contributed by atoms with Gasteiger partial charge in [0, 0.05) is 32.5 Å². The molecule has 54 heavy (non-hydrogen) atoms. The molecule has 16 heteroatoms. The number of nitrogens with zero attached hydrogens (tertiary/aromatic N) is 2. The average molecular weight is 792 g/mol. The van der Waals surface area contributed by atoms with E-state index in [2.05, 4.69) is 21.3 Å². The molecule has 4 N–H and O–H groups in total. The second-order valence-electron chi connectivity index (χ2n) is 16.2. The smallest absolute Gasteiger partial charge is 0.408 e. The number of nitrogens with one attached hydrogen (secondary N) is 4. The first kappa shape index (κ1) is 41.3. The normalized spacial score (nSPS) is 23.5. The minimum atomic E-state index is -1.27. The number of benzene rings is 1. The van der Waals surface area contributed by atoms with Gasteiger partial charge in [-0.25, -0.2) is 4.79 Å². The maximum absolute atomic E-state index is 14.3. The number of halogens is 2. The van der Waals surface area contributed by atoms with E-state index in [1.54, 1.807) is 65.2 Å². The topological polar surface area (TPSA) is 183 Å². The van der Waals surface area contributed by atoms with Crippen LogP contribution in [0.5, 0.6) is 0 Å². The molecule has 1 aliphatic heterocycles. The summed E-state index contributed by atoms with van der Waals surface area (Å²) in [6.45, 7) is 4.65. The average Bonchev–Trinajstić information content (AvgIpc) is 3.98. The monoisotopic (exact) mass is 790 g/mol. The second kappa shape index (κ2) is 16.8. The van der Waals surface area contributed by atoms with E-state index in [1.807, 2.05) is 0 Å². The number of amides is 6. The summed E-state index contributed by atoms with van der Waals surface area (Å²) in [5.41, 5.74) is -0.256. The fourth-order valence-electron chi connectivity index (χ4n) is 7.58. The fraction of sp³-hybridized carbons (Fsp3) is 0.658. The zero-order valence-electron chi connectivity index (χ0n) is 31.5. The summed E-state index contributed by atoms with van der Waals surface area (Å²) in [5, 5.41) is 10.5. The third kappa shape index (κ3) is 10.0. The number of alkyl halides is 2. The van der Waals surface area contributed by atoms with Crippen molar-refractivity contribution in [3.8, 4) is 0 Å². The highest BCUT2D eigenvalue weighted by molar-refractivity contribution is 6.51. The summed E-state index contributed by atoms with van der Waals surface area (Å²) in [7, 11) is 3.11. The van der Waals surface area contributed by atoms with Gasteiger partial charge in [-0.05, 0) is 57.4 Å². The van der Waals surface area contributed by atoms with Crippen molar-refractivity contribution >= 4 is 64.6 Å². The van der Waals surface area contributed by atoms with Gasteiger partial charge in [-0.15, -0.1) is 23.2 Å². The molecule has 1 saturated heterocycles. The summed E-state index contributed by atoms with van der Waals surface area (Å²) in [5.74, 6) is -5.38. The number of ketones is 1. The number of ether oxygens (including phenoxy) is 1. The second-order valence-corrected chi connectivity index (χ2v) is 17.6. The first-order valence-corrected chi connectivity index (χ1v) is 19.5. The zero-order valence-corrected chi connectivity index (χ0v) is 33.0. The molecule has 3 saturated carbocycles. The number of hydrogen-bond acceptors (Lipinski definition) is 8. The van der Waals surface area contributed by atoms with Crippen LogP contribution in [-0.4, -0.2) is 106 Å². The molecular weight excluding hydrogens is 739 g/mol. The van der Waals surface area contributed by atoms with E-state index in [9.17, 15) is 33.6 Å². The lowest BCUT2D eigenvalue weighted by Crippen LogP contribution is -2.60. The predicted octanol–water partition coefficient (Wildman–Crippen LogP) is 3.01. The molecule has 5 rings (SSSR count). The quantitative estimate of drug-likeness (QED) is 0.164. The number of rotatable bonds is 14. The molecule has 1 aromatic rings. The van der Waals surface area contributed by atoms with Gasteiger partial charge in [0.15, 0.2) is 0 Å². The van der Waals surface area contributed by atoms with Crippen LogP contribution < -0.4 is 21.3 Å². The molecule has 1 aromatic carbocycles. The first-order valence-electron chi connectivity index (χ1n) is 18.7. The van der Waals surface area contributed by atoms with Crippen molar-refractivity contribution in [1.82, 2.24) is 31.1 Å². The van der Waals surface area contributed by atoms with Gasteiger partial charge in [-0.3, -0.25) is 28.8 Å². The molecule has 4 fully saturated rings. The van der Waals surface area contributed by atoms with E-state index in [-0.39, 0.29) is 30.7 Å². The molecule has 4 aliphatic rings. The highest BCUT2D eigenvalue weighted by Crippen LogP contribution is 2.65. The van der Waals surface area contributed by atoms with E-state index in [1.165, 1.54) is 9.80 Å². The number of hydrogen-bond donors (Lipinski definition) is 4. The van der Waals surface area contributed by atoms with Gasteiger partial charge in [0.2, 0.25) is 29.4 Å². The van der Waals surface area contributed by atoms with E-state index in [4.69, 9.17) is 27.9 Å². The Morgan fingerprint density at radius 1 is 0.926 bits per heavy atom. The predicted molar refractivity (Wildman–Crippen MR) is 200 cm³/mol. The molecule has 14 nitrogen and oxygen atoms in total. The Labute approximate surface area is 326 Å². The molecule has 0 aromatic heterocycles. The van der Waals surface area contributed by atoms with Crippen LogP contribution in [0.3, 0.4) is 0 Å². The Morgan fingerprint density at radius 3 is 2.17 bits per heavy atom. The maximum Gasteiger partial charge on any atom is 0.408 e. The third-order valence-corrected chi connectivity index (χ3v) is 11.7. The van der Waals surface area contributed by atoms with Crippen molar-refractivity contribution in [1.29, 1.82) is 0 Å².